The lowest BCUT2D eigenvalue weighted by atomic mass is 9.87. The molecule has 130 valence electrons. The molecule has 3 nitrogen and oxygen atoms in total. The van der Waals surface area contributed by atoms with Crippen molar-refractivity contribution >= 4 is 0 Å². The van der Waals surface area contributed by atoms with Crippen molar-refractivity contribution in [2.45, 2.75) is 38.9 Å². The number of benzene rings is 1. The van der Waals surface area contributed by atoms with Crippen LogP contribution in [0.15, 0.2) is 47.4 Å². The molecule has 24 heavy (non-hydrogen) atoms. The van der Waals surface area contributed by atoms with E-state index in [-0.39, 0.29) is 18.6 Å². The van der Waals surface area contributed by atoms with E-state index in [2.05, 4.69) is 20.8 Å². The Kier molecular flexibility index (Phi) is 5.06. The molecule has 0 bridgehead atoms. The fourth-order valence-electron chi connectivity index (χ4n) is 2.19. The zero-order chi connectivity index (χ0) is 18.0. The normalized spacial score (nSPS) is 12.2. The minimum absolute atomic E-state index is 0.0316. The van der Waals surface area contributed by atoms with Crippen molar-refractivity contribution in [3.05, 3.63) is 64.1 Å². The van der Waals surface area contributed by atoms with Gasteiger partial charge < -0.3 is 9.30 Å². The summed E-state index contributed by atoms with van der Waals surface area (Å²) in [6, 6.07) is 9.23. The van der Waals surface area contributed by atoms with E-state index in [9.17, 15) is 18.0 Å². The molecule has 0 fully saturated rings. The smallest absolute Gasteiger partial charge is 0.417 e. The highest BCUT2D eigenvalue weighted by Gasteiger charge is 2.30. The molecule has 1 heterocycles. The van der Waals surface area contributed by atoms with Crippen molar-refractivity contribution in [2.75, 3.05) is 6.61 Å². The zero-order valence-corrected chi connectivity index (χ0v) is 13.9. The van der Waals surface area contributed by atoms with Gasteiger partial charge in [-0.15, -0.1) is 0 Å². The van der Waals surface area contributed by atoms with Gasteiger partial charge in [-0.2, -0.15) is 13.2 Å². The Morgan fingerprint density at radius 1 is 0.958 bits per heavy atom. The van der Waals surface area contributed by atoms with Crippen LogP contribution in [0, 0.1) is 0 Å². The van der Waals surface area contributed by atoms with Crippen molar-refractivity contribution in [1.29, 1.82) is 0 Å². The maximum absolute atomic E-state index is 12.7. The SMILES string of the molecule is CC(C)(C)c1ccc(OCCn2cc(C(F)(F)F)ccc2=O)cc1. The van der Waals surface area contributed by atoms with Crippen molar-refractivity contribution in [1.82, 2.24) is 4.57 Å². The van der Waals surface area contributed by atoms with Crippen LogP contribution in [0.3, 0.4) is 0 Å². The second kappa shape index (κ2) is 6.71. The molecule has 2 rings (SSSR count). The average molecular weight is 339 g/mol. The molecular formula is C18H20F3NO2. The first-order valence-corrected chi connectivity index (χ1v) is 7.58. The van der Waals surface area contributed by atoms with Gasteiger partial charge in [0.2, 0.25) is 0 Å². The van der Waals surface area contributed by atoms with Crippen molar-refractivity contribution in [2.24, 2.45) is 0 Å². The Bertz CT molecular complexity index is 741. The van der Waals surface area contributed by atoms with Crippen LogP contribution in [0.5, 0.6) is 5.75 Å². The van der Waals surface area contributed by atoms with E-state index in [1.165, 1.54) is 0 Å². The number of hydrogen-bond donors (Lipinski definition) is 0. The molecule has 6 heteroatoms. The van der Waals surface area contributed by atoms with Gasteiger partial charge in [-0.05, 0) is 29.2 Å². The second-order valence-corrected chi connectivity index (χ2v) is 6.57. The summed E-state index contributed by atoms with van der Waals surface area (Å²) in [6.07, 6.45) is -3.66. The molecule has 1 aromatic heterocycles. The van der Waals surface area contributed by atoms with E-state index < -0.39 is 17.3 Å². The topological polar surface area (TPSA) is 31.2 Å². The summed E-state index contributed by atoms with van der Waals surface area (Å²) < 4.78 is 44.5. The monoisotopic (exact) mass is 339 g/mol. The summed E-state index contributed by atoms with van der Waals surface area (Å²) in [5.74, 6) is 0.614. The zero-order valence-electron chi connectivity index (χ0n) is 13.9. The van der Waals surface area contributed by atoms with Crippen LogP contribution in [0.1, 0.15) is 31.9 Å². The molecule has 0 aliphatic rings. The lowest BCUT2D eigenvalue weighted by Crippen LogP contribution is -2.24. The highest BCUT2D eigenvalue weighted by molar-refractivity contribution is 5.31. The van der Waals surface area contributed by atoms with Crippen LogP contribution in [-0.2, 0) is 18.1 Å². The molecule has 0 aliphatic carbocycles. The summed E-state index contributed by atoms with van der Waals surface area (Å²) >= 11 is 0. The minimum atomic E-state index is -4.47. The molecular weight excluding hydrogens is 319 g/mol. The molecule has 0 aliphatic heterocycles. The standard InChI is InChI=1S/C18H20F3NO2/c1-17(2,3)13-4-7-15(8-5-13)24-11-10-22-12-14(18(19,20)21)6-9-16(22)23/h4-9,12H,10-11H2,1-3H3. The third kappa shape index (κ3) is 4.63. The predicted octanol–water partition coefficient (Wildman–Crippen LogP) is 4.24. The minimum Gasteiger partial charge on any atom is -0.492 e. The highest BCUT2D eigenvalue weighted by Crippen LogP contribution is 2.28. The first-order valence-electron chi connectivity index (χ1n) is 7.58. The van der Waals surface area contributed by atoms with Crippen LogP contribution >= 0.6 is 0 Å². The fourth-order valence-corrected chi connectivity index (χ4v) is 2.19. The van der Waals surface area contributed by atoms with Gasteiger partial charge in [0, 0.05) is 12.3 Å². The van der Waals surface area contributed by atoms with Gasteiger partial charge in [0.05, 0.1) is 12.1 Å². The summed E-state index contributed by atoms with van der Waals surface area (Å²) in [4.78, 5) is 11.6. The average Bonchev–Trinajstić information content (AvgIpc) is 2.47. The molecule has 0 amide bonds. The van der Waals surface area contributed by atoms with Gasteiger partial charge in [-0.1, -0.05) is 32.9 Å². The molecule has 0 saturated heterocycles. The van der Waals surface area contributed by atoms with Crippen LogP contribution in [0.25, 0.3) is 0 Å². The summed E-state index contributed by atoms with van der Waals surface area (Å²) in [5.41, 5.74) is -0.153. The van der Waals surface area contributed by atoms with E-state index in [0.29, 0.717) is 5.75 Å². The number of rotatable bonds is 4. The Balaban J connectivity index is 2.01. The quantitative estimate of drug-likeness (QED) is 0.834. The Hall–Kier alpha value is -2.24. The van der Waals surface area contributed by atoms with Crippen molar-refractivity contribution in [3.63, 3.8) is 0 Å². The molecule has 2 aromatic rings. The lowest BCUT2D eigenvalue weighted by Gasteiger charge is -2.19. The highest BCUT2D eigenvalue weighted by atomic mass is 19.4. The molecule has 0 saturated carbocycles. The number of hydrogen-bond acceptors (Lipinski definition) is 2. The molecule has 1 aromatic carbocycles. The third-order valence-corrected chi connectivity index (χ3v) is 3.63. The van der Waals surface area contributed by atoms with E-state index >= 15 is 0 Å². The number of ether oxygens (including phenoxy) is 1. The maximum Gasteiger partial charge on any atom is 0.417 e. The Morgan fingerprint density at radius 2 is 1.54 bits per heavy atom. The van der Waals surface area contributed by atoms with E-state index in [0.717, 1.165) is 28.5 Å². The van der Waals surface area contributed by atoms with Gasteiger partial charge in [0.1, 0.15) is 12.4 Å². The first-order chi connectivity index (χ1) is 11.1. The number of halogens is 3. The van der Waals surface area contributed by atoms with E-state index in [4.69, 9.17) is 4.74 Å². The van der Waals surface area contributed by atoms with Crippen molar-refractivity contribution in [3.8, 4) is 5.75 Å². The van der Waals surface area contributed by atoms with Gasteiger partial charge in [0.25, 0.3) is 5.56 Å². The van der Waals surface area contributed by atoms with E-state index in [1.54, 1.807) is 0 Å². The summed E-state index contributed by atoms with van der Waals surface area (Å²) in [6.45, 7) is 6.45. The van der Waals surface area contributed by atoms with Gasteiger partial charge >= 0.3 is 6.18 Å². The molecule has 0 atom stereocenters. The number of aromatic nitrogens is 1. The summed E-state index contributed by atoms with van der Waals surface area (Å²) in [5, 5.41) is 0. The largest absolute Gasteiger partial charge is 0.492 e. The van der Waals surface area contributed by atoms with Gasteiger partial charge in [0.15, 0.2) is 0 Å². The van der Waals surface area contributed by atoms with Gasteiger partial charge in [-0.3, -0.25) is 4.79 Å². The van der Waals surface area contributed by atoms with Crippen LogP contribution in [0.4, 0.5) is 13.2 Å². The second-order valence-electron chi connectivity index (χ2n) is 6.57. The maximum atomic E-state index is 12.7. The molecule has 0 spiro atoms. The summed E-state index contributed by atoms with van der Waals surface area (Å²) in [7, 11) is 0. The first kappa shape index (κ1) is 18.1. The fraction of sp³-hybridized carbons (Fsp3) is 0.389. The lowest BCUT2D eigenvalue weighted by molar-refractivity contribution is -0.138. The molecule has 0 radical (unpaired) electrons. The van der Waals surface area contributed by atoms with Crippen molar-refractivity contribution < 1.29 is 17.9 Å². The van der Waals surface area contributed by atoms with E-state index in [1.807, 2.05) is 24.3 Å². The molecule has 0 unspecified atom stereocenters. The Labute approximate surface area is 138 Å². The van der Waals surface area contributed by atoms with Crippen LogP contribution < -0.4 is 10.3 Å². The number of pyridine rings is 1. The predicted molar refractivity (Wildman–Crippen MR) is 86.3 cm³/mol. The third-order valence-electron chi connectivity index (χ3n) is 3.63. The Morgan fingerprint density at radius 3 is 2.08 bits per heavy atom. The van der Waals surface area contributed by atoms with Crippen LogP contribution in [0.2, 0.25) is 0 Å². The van der Waals surface area contributed by atoms with Gasteiger partial charge in [-0.25, -0.2) is 0 Å². The number of nitrogens with zero attached hydrogens (tertiary/aromatic N) is 1. The number of alkyl halides is 3. The van der Waals surface area contributed by atoms with Crippen LogP contribution in [-0.4, -0.2) is 11.2 Å². The molecule has 0 N–H and O–H groups in total.